The molecule has 0 aliphatic carbocycles. The highest BCUT2D eigenvalue weighted by molar-refractivity contribution is 7.10. The van der Waals surface area contributed by atoms with Crippen LogP contribution in [0, 0.1) is 0 Å². The molecule has 1 aliphatic rings. The summed E-state index contributed by atoms with van der Waals surface area (Å²) in [6.07, 6.45) is 5.26. The average molecular weight is 456 g/mol. The first-order valence-electron chi connectivity index (χ1n) is 11.4. The topological polar surface area (TPSA) is 53.1 Å². The summed E-state index contributed by atoms with van der Waals surface area (Å²) in [5, 5.41) is 18.8. The van der Waals surface area contributed by atoms with Crippen molar-refractivity contribution in [1.82, 2.24) is 20.4 Å². The summed E-state index contributed by atoms with van der Waals surface area (Å²) in [6.45, 7) is 3.73. The summed E-state index contributed by atoms with van der Waals surface area (Å²) in [6, 6.07) is 17.4. The maximum Gasteiger partial charge on any atom is 0.0950 e. The van der Waals surface area contributed by atoms with E-state index in [1.807, 2.05) is 13.2 Å². The van der Waals surface area contributed by atoms with Gasteiger partial charge in [-0.3, -0.25) is 0 Å². The number of hydrogen-bond donors (Lipinski definition) is 2. The molecule has 0 saturated heterocycles. The smallest absolute Gasteiger partial charge is 0.0950 e. The van der Waals surface area contributed by atoms with Gasteiger partial charge in [0.2, 0.25) is 0 Å². The van der Waals surface area contributed by atoms with E-state index in [0.717, 1.165) is 49.2 Å². The van der Waals surface area contributed by atoms with Gasteiger partial charge in [-0.1, -0.05) is 36.4 Å². The molecule has 4 aromatic rings. The van der Waals surface area contributed by atoms with Gasteiger partial charge in [-0.05, 0) is 71.9 Å². The molecule has 3 heterocycles. The number of hydrogen-bond acceptors (Lipinski definition) is 6. The zero-order valence-corrected chi connectivity index (χ0v) is 20.0. The lowest BCUT2D eigenvalue weighted by molar-refractivity contribution is 0.370. The zero-order chi connectivity index (χ0) is 22.6. The van der Waals surface area contributed by atoms with Crippen LogP contribution in [0.15, 0.2) is 66.2 Å². The van der Waals surface area contributed by atoms with Crippen LogP contribution in [0.1, 0.15) is 22.4 Å². The molecule has 5 rings (SSSR count). The van der Waals surface area contributed by atoms with Crippen molar-refractivity contribution in [1.29, 1.82) is 0 Å². The van der Waals surface area contributed by atoms with E-state index in [4.69, 9.17) is 0 Å². The number of anilines is 1. The maximum atomic E-state index is 4.35. The van der Waals surface area contributed by atoms with E-state index in [1.165, 1.54) is 32.7 Å². The number of nitrogens with one attached hydrogen (secondary N) is 2. The molecule has 0 spiro atoms. The van der Waals surface area contributed by atoms with Crippen molar-refractivity contribution in [2.75, 3.05) is 32.5 Å². The summed E-state index contributed by atoms with van der Waals surface area (Å²) < 4.78 is 0. The van der Waals surface area contributed by atoms with Gasteiger partial charge >= 0.3 is 0 Å². The minimum absolute atomic E-state index is 0.761. The minimum atomic E-state index is 0.761. The highest BCUT2D eigenvalue weighted by atomic mass is 32.1. The van der Waals surface area contributed by atoms with Crippen molar-refractivity contribution in [2.45, 2.75) is 19.5 Å². The molecule has 0 saturated carbocycles. The van der Waals surface area contributed by atoms with Gasteiger partial charge in [0.15, 0.2) is 0 Å². The number of aromatic nitrogens is 2. The third kappa shape index (κ3) is 4.83. The number of fused-ring (bicyclic) bond motifs is 1. The Morgan fingerprint density at radius 2 is 1.97 bits per heavy atom. The van der Waals surface area contributed by atoms with Gasteiger partial charge in [-0.2, -0.15) is 10.2 Å². The van der Waals surface area contributed by atoms with Crippen LogP contribution in [0.2, 0.25) is 0 Å². The van der Waals surface area contributed by atoms with Crippen LogP contribution in [0.25, 0.3) is 27.6 Å². The Balaban J connectivity index is 1.37. The molecule has 0 fully saturated rings. The fourth-order valence-corrected chi connectivity index (χ4v) is 5.20. The molecule has 5 nitrogen and oxygen atoms in total. The number of likely N-dealkylation sites (N-methyl/N-ethyl adjacent to an activating group) is 1. The molecular formula is C27H29N5S. The first kappa shape index (κ1) is 21.8. The minimum Gasteiger partial charge on any atom is -0.378 e. The van der Waals surface area contributed by atoms with Crippen molar-refractivity contribution in [3.8, 4) is 11.1 Å². The molecule has 33 heavy (non-hydrogen) atoms. The Hall–Kier alpha value is -3.06. The summed E-state index contributed by atoms with van der Waals surface area (Å²) in [7, 11) is 4.15. The fourth-order valence-electron chi connectivity index (χ4n) is 4.37. The fraction of sp³-hybridized carbons (Fsp3) is 0.259. The third-order valence-electron chi connectivity index (χ3n) is 6.22. The van der Waals surface area contributed by atoms with Crippen LogP contribution in [-0.4, -0.2) is 42.3 Å². The molecule has 0 bridgehead atoms. The summed E-state index contributed by atoms with van der Waals surface area (Å²) in [5.41, 5.74) is 8.54. The lowest BCUT2D eigenvalue weighted by atomic mass is 9.98. The lowest BCUT2D eigenvalue weighted by Crippen LogP contribution is -2.23. The van der Waals surface area contributed by atoms with Crippen LogP contribution in [0.5, 0.6) is 0 Å². The van der Waals surface area contributed by atoms with Gasteiger partial charge < -0.3 is 15.5 Å². The Labute approximate surface area is 199 Å². The molecule has 2 N–H and O–H groups in total. The van der Waals surface area contributed by atoms with Gasteiger partial charge in [0, 0.05) is 36.4 Å². The Morgan fingerprint density at radius 1 is 1.06 bits per heavy atom. The van der Waals surface area contributed by atoms with Crippen LogP contribution >= 0.6 is 11.3 Å². The molecule has 168 valence electrons. The van der Waals surface area contributed by atoms with Crippen molar-refractivity contribution >= 4 is 33.5 Å². The number of benzene rings is 2. The number of thiophene rings is 1. The molecule has 0 atom stereocenters. The largest absolute Gasteiger partial charge is 0.378 e. The predicted octanol–water partition coefficient (Wildman–Crippen LogP) is 5.41. The van der Waals surface area contributed by atoms with Gasteiger partial charge in [0.25, 0.3) is 0 Å². The quantitative estimate of drug-likeness (QED) is 0.390. The van der Waals surface area contributed by atoms with E-state index < -0.39 is 0 Å². The summed E-state index contributed by atoms with van der Waals surface area (Å²) in [4.78, 5) is 3.64. The van der Waals surface area contributed by atoms with Crippen LogP contribution in [0.3, 0.4) is 0 Å². The second-order valence-electron chi connectivity index (χ2n) is 8.57. The lowest BCUT2D eigenvalue weighted by Gasteiger charge is -2.22. The molecule has 2 aromatic heterocycles. The summed E-state index contributed by atoms with van der Waals surface area (Å²) in [5.74, 6) is 0. The molecule has 0 amide bonds. The first-order valence-corrected chi connectivity index (χ1v) is 12.3. The summed E-state index contributed by atoms with van der Waals surface area (Å²) >= 11 is 1.79. The zero-order valence-electron chi connectivity index (χ0n) is 19.1. The Morgan fingerprint density at radius 3 is 2.82 bits per heavy atom. The van der Waals surface area contributed by atoms with E-state index >= 15 is 0 Å². The van der Waals surface area contributed by atoms with E-state index in [-0.39, 0.29) is 0 Å². The molecule has 6 heteroatoms. The number of nitrogens with zero attached hydrogens (tertiary/aromatic N) is 3. The monoisotopic (exact) mass is 455 g/mol. The molecule has 2 aromatic carbocycles. The molecule has 1 aliphatic heterocycles. The third-order valence-corrected chi connectivity index (χ3v) is 7.16. The van der Waals surface area contributed by atoms with Crippen molar-refractivity contribution in [3.05, 3.63) is 82.2 Å². The van der Waals surface area contributed by atoms with Crippen molar-refractivity contribution < 1.29 is 0 Å². The molecule has 0 unspecified atom stereocenters. The second-order valence-corrected chi connectivity index (χ2v) is 9.57. The average Bonchev–Trinajstić information content (AvgIpc) is 3.32. The number of rotatable bonds is 7. The maximum absolute atomic E-state index is 4.35. The van der Waals surface area contributed by atoms with E-state index in [0.29, 0.717) is 0 Å². The van der Waals surface area contributed by atoms with Gasteiger partial charge in [0.05, 0.1) is 17.4 Å². The second kappa shape index (κ2) is 9.83. The van der Waals surface area contributed by atoms with Gasteiger partial charge in [-0.25, -0.2) is 0 Å². The highest BCUT2D eigenvalue weighted by Gasteiger charge is 2.12. The Bertz CT molecular complexity index is 1290. The van der Waals surface area contributed by atoms with Crippen LogP contribution in [0.4, 0.5) is 5.69 Å². The van der Waals surface area contributed by atoms with E-state index in [9.17, 15) is 0 Å². The van der Waals surface area contributed by atoms with Gasteiger partial charge in [0.1, 0.15) is 0 Å². The van der Waals surface area contributed by atoms with Crippen LogP contribution in [-0.2, 0) is 13.1 Å². The molecule has 0 radical (unpaired) electrons. The van der Waals surface area contributed by atoms with E-state index in [1.54, 1.807) is 11.3 Å². The van der Waals surface area contributed by atoms with Crippen molar-refractivity contribution in [2.24, 2.45) is 0 Å². The van der Waals surface area contributed by atoms with Gasteiger partial charge in [-0.15, -0.1) is 11.3 Å². The Kier molecular flexibility index (Phi) is 6.48. The standard InChI is InChI=1S/C27H29N5S/c1-28-15-21-5-3-4-6-24(21)22-13-23(33-18-22)16-29-27-17-30-31-26-8-7-20(14-25(26)27)19-9-11-32(2)12-10-19/h3-9,13-14,17-18,28H,10-12,15-16H2,1-2H3,(H,29,31). The molecular weight excluding hydrogens is 426 g/mol. The predicted molar refractivity (Wildman–Crippen MR) is 139 cm³/mol. The SMILES string of the molecule is CNCc1ccccc1-c1csc(CNc2cnnc3ccc(C4=CCN(C)CC4)cc23)c1. The van der Waals surface area contributed by atoms with Crippen LogP contribution < -0.4 is 10.6 Å². The van der Waals surface area contributed by atoms with E-state index in [2.05, 4.69) is 92.8 Å². The first-order chi connectivity index (χ1) is 16.2. The highest BCUT2D eigenvalue weighted by Crippen LogP contribution is 2.31. The normalized spacial score (nSPS) is 14.4. The van der Waals surface area contributed by atoms with Crippen molar-refractivity contribution in [3.63, 3.8) is 0 Å².